The fourth-order valence-corrected chi connectivity index (χ4v) is 2.92. The molecule has 0 heterocycles. The van der Waals surface area contributed by atoms with Gasteiger partial charge in [-0.15, -0.1) is 11.8 Å². The van der Waals surface area contributed by atoms with Crippen molar-refractivity contribution in [1.82, 2.24) is 5.32 Å². The van der Waals surface area contributed by atoms with E-state index in [0.717, 1.165) is 11.3 Å². The van der Waals surface area contributed by atoms with Crippen molar-refractivity contribution in [3.63, 3.8) is 0 Å². The fraction of sp³-hybridized carbons (Fsp3) is 0.278. The second-order valence-corrected chi connectivity index (χ2v) is 6.19. The number of thioether (sulfide) groups is 1. The molecule has 2 aromatic carbocycles. The van der Waals surface area contributed by atoms with E-state index in [2.05, 4.69) is 30.4 Å². The number of aryl methyl sites for hydroxylation is 1. The van der Waals surface area contributed by atoms with Crippen molar-refractivity contribution in [1.29, 1.82) is 0 Å². The Balaban J connectivity index is 1.62. The average molecular weight is 317 g/mol. The molecule has 0 atom stereocenters. The van der Waals surface area contributed by atoms with Gasteiger partial charge in [-0.25, -0.2) is 4.39 Å². The van der Waals surface area contributed by atoms with Crippen LogP contribution in [0.3, 0.4) is 0 Å². The molecule has 0 aromatic heterocycles. The van der Waals surface area contributed by atoms with Crippen molar-refractivity contribution in [2.24, 2.45) is 0 Å². The molecule has 0 unspecified atom stereocenters. The largest absolute Gasteiger partial charge is 0.355 e. The predicted molar refractivity (Wildman–Crippen MR) is 90.5 cm³/mol. The van der Waals surface area contributed by atoms with E-state index in [4.69, 9.17) is 0 Å². The summed E-state index contributed by atoms with van der Waals surface area (Å²) >= 11 is 1.61. The van der Waals surface area contributed by atoms with Gasteiger partial charge in [0.25, 0.3) is 0 Å². The van der Waals surface area contributed by atoms with Gasteiger partial charge in [0, 0.05) is 12.3 Å². The minimum atomic E-state index is -0.236. The Kier molecular flexibility index (Phi) is 6.46. The molecular weight excluding hydrogens is 297 g/mol. The topological polar surface area (TPSA) is 29.1 Å². The number of benzene rings is 2. The van der Waals surface area contributed by atoms with Crippen LogP contribution in [0.2, 0.25) is 0 Å². The first-order valence-electron chi connectivity index (χ1n) is 7.28. The third kappa shape index (κ3) is 5.90. The standard InChI is InChI=1S/C18H20FNOS/c1-14-3-2-4-16(11-14)12-22-13-18(21)20-10-9-15-5-7-17(19)8-6-15/h2-8,11H,9-10,12-13H2,1H3,(H,20,21). The van der Waals surface area contributed by atoms with Gasteiger partial charge >= 0.3 is 0 Å². The number of hydrogen-bond acceptors (Lipinski definition) is 2. The zero-order valence-corrected chi connectivity index (χ0v) is 13.5. The van der Waals surface area contributed by atoms with E-state index in [1.165, 1.54) is 23.3 Å². The van der Waals surface area contributed by atoms with Gasteiger partial charge in [-0.3, -0.25) is 4.79 Å². The molecule has 0 saturated heterocycles. The van der Waals surface area contributed by atoms with Crippen LogP contribution in [0.4, 0.5) is 4.39 Å². The van der Waals surface area contributed by atoms with Crippen LogP contribution in [0, 0.1) is 12.7 Å². The van der Waals surface area contributed by atoms with E-state index < -0.39 is 0 Å². The summed E-state index contributed by atoms with van der Waals surface area (Å²) in [5.74, 6) is 1.10. The number of hydrogen-bond donors (Lipinski definition) is 1. The van der Waals surface area contributed by atoms with E-state index in [1.54, 1.807) is 23.9 Å². The van der Waals surface area contributed by atoms with Gasteiger partial charge in [0.15, 0.2) is 0 Å². The van der Waals surface area contributed by atoms with Gasteiger partial charge in [0.1, 0.15) is 5.82 Å². The summed E-state index contributed by atoms with van der Waals surface area (Å²) in [7, 11) is 0. The van der Waals surface area contributed by atoms with Crippen molar-refractivity contribution >= 4 is 17.7 Å². The summed E-state index contributed by atoms with van der Waals surface area (Å²) in [4.78, 5) is 11.8. The highest BCUT2D eigenvalue weighted by molar-refractivity contribution is 7.99. The molecule has 2 aromatic rings. The molecule has 22 heavy (non-hydrogen) atoms. The maximum atomic E-state index is 12.8. The van der Waals surface area contributed by atoms with E-state index in [0.29, 0.717) is 18.7 Å². The second-order valence-electron chi connectivity index (χ2n) is 5.21. The van der Waals surface area contributed by atoms with Crippen molar-refractivity contribution in [3.05, 3.63) is 71.0 Å². The van der Waals surface area contributed by atoms with Crippen LogP contribution in [-0.2, 0) is 17.0 Å². The molecular formula is C18H20FNOS. The second kappa shape index (κ2) is 8.59. The molecule has 0 bridgehead atoms. The lowest BCUT2D eigenvalue weighted by Gasteiger charge is -2.06. The quantitative estimate of drug-likeness (QED) is 0.843. The van der Waals surface area contributed by atoms with Crippen LogP contribution in [0.25, 0.3) is 0 Å². The van der Waals surface area contributed by atoms with Gasteiger partial charge in [-0.2, -0.15) is 0 Å². The van der Waals surface area contributed by atoms with E-state index in [1.807, 2.05) is 6.07 Å². The van der Waals surface area contributed by atoms with Crippen molar-refractivity contribution in [3.8, 4) is 0 Å². The Morgan fingerprint density at radius 1 is 1.14 bits per heavy atom. The SMILES string of the molecule is Cc1cccc(CSCC(=O)NCCc2ccc(F)cc2)c1. The predicted octanol–water partition coefficient (Wildman–Crippen LogP) is 3.73. The number of rotatable bonds is 7. The van der Waals surface area contributed by atoms with Crippen LogP contribution >= 0.6 is 11.8 Å². The van der Waals surface area contributed by atoms with Gasteiger partial charge < -0.3 is 5.32 Å². The minimum absolute atomic E-state index is 0.0414. The van der Waals surface area contributed by atoms with Crippen LogP contribution < -0.4 is 5.32 Å². The molecule has 0 fully saturated rings. The molecule has 1 N–H and O–H groups in total. The lowest BCUT2D eigenvalue weighted by Crippen LogP contribution is -2.27. The summed E-state index contributed by atoms with van der Waals surface area (Å²) in [5, 5.41) is 2.89. The number of carbonyl (C=O) groups excluding carboxylic acids is 1. The molecule has 2 nitrogen and oxygen atoms in total. The Morgan fingerprint density at radius 2 is 1.91 bits per heavy atom. The number of halogens is 1. The molecule has 0 aliphatic rings. The zero-order valence-electron chi connectivity index (χ0n) is 12.6. The van der Waals surface area contributed by atoms with Crippen LogP contribution in [-0.4, -0.2) is 18.2 Å². The molecule has 0 saturated carbocycles. The molecule has 116 valence electrons. The van der Waals surface area contributed by atoms with Gasteiger partial charge in [0.2, 0.25) is 5.91 Å². The first-order valence-corrected chi connectivity index (χ1v) is 8.43. The highest BCUT2D eigenvalue weighted by Crippen LogP contribution is 2.13. The maximum absolute atomic E-state index is 12.8. The highest BCUT2D eigenvalue weighted by atomic mass is 32.2. The highest BCUT2D eigenvalue weighted by Gasteiger charge is 2.02. The molecule has 0 aliphatic carbocycles. The van der Waals surface area contributed by atoms with Gasteiger partial charge in [-0.1, -0.05) is 42.0 Å². The Labute approximate surface area is 135 Å². The molecule has 1 amide bonds. The lowest BCUT2D eigenvalue weighted by atomic mass is 10.1. The van der Waals surface area contributed by atoms with Gasteiger partial charge in [-0.05, 0) is 36.6 Å². The third-order valence-corrected chi connectivity index (χ3v) is 4.24. The van der Waals surface area contributed by atoms with E-state index in [-0.39, 0.29) is 11.7 Å². The summed E-state index contributed by atoms with van der Waals surface area (Å²) in [6, 6.07) is 14.7. The van der Waals surface area contributed by atoms with E-state index in [9.17, 15) is 9.18 Å². The van der Waals surface area contributed by atoms with Crippen molar-refractivity contribution in [2.75, 3.05) is 12.3 Å². The first-order chi connectivity index (χ1) is 10.6. The van der Waals surface area contributed by atoms with Crippen LogP contribution in [0.1, 0.15) is 16.7 Å². The van der Waals surface area contributed by atoms with Crippen molar-refractivity contribution in [2.45, 2.75) is 19.1 Å². The monoisotopic (exact) mass is 317 g/mol. The minimum Gasteiger partial charge on any atom is -0.355 e. The Hall–Kier alpha value is -1.81. The summed E-state index contributed by atoms with van der Waals surface area (Å²) in [5.41, 5.74) is 3.50. The Morgan fingerprint density at radius 3 is 2.64 bits per heavy atom. The molecule has 4 heteroatoms. The summed E-state index contributed by atoms with van der Waals surface area (Å²) in [6.07, 6.45) is 0.717. The molecule has 2 rings (SSSR count). The number of nitrogens with one attached hydrogen (secondary N) is 1. The normalized spacial score (nSPS) is 10.5. The fourth-order valence-electron chi connectivity index (χ4n) is 2.11. The van der Waals surface area contributed by atoms with Crippen molar-refractivity contribution < 1.29 is 9.18 Å². The maximum Gasteiger partial charge on any atom is 0.230 e. The number of amides is 1. The molecule has 0 spiro atoms. The third-order valence-electron chi connectivity index (χ3n) is 3.23. The lowest BCUT2D eigenvalue weighted by molar-refractivity contribution is -0.118. The zero-order chi connectivity index (χ0) is 15.8. The first kappa shape index (κ1) is 16.6. The molecule has 0 radical (unpaired) electrons. The Bertz CT molecular complexity index is 613. The molecule has 0 aliphatic heterocycles. The summed E-state index contributed by atoms with van der Waals surface area (Å²) in [6.45, 7) is 2.64. The average Bonchev–Trinajstić information content (AvgIpc) is 2.49. The van der Waals surface area contributed by atoms with Crippen LogP contribution in [0.15, 0.2) is 48.5 Å². The van der Waals surface area contributed by atoms with Crippen LogP contribution in [0.5, 0.6) is 0 Å². The van der Waals surface area contributed by atoms with E-state index >= 15 is 0 Å². The van der Waals surface area contributed by atoms with Gasteiger partial charge in [0.05, 0.1) is 5.75 Å². The number of carbonyl (C=O) groups is 1. The summed E-state index contributed by atoms with van der Waals surface area (Å²) < 4.78 is 12.8. The smallest absolute Gasteiger partial charge is 0.230 e.